The topological polar surface area (TPSA) is 105 Å². The molecule has 1 fully saturated rings. The fraction of sp³-hybridized carbons (Fsp3) is 0.259. The Hall–Kier alpha value is -4.49. The van der Waals surface area contributed by atoms with Gasteiger partial charge in [-0.05, 0) is 55.1 Å². The molecule has 1 aliphatic heterocycles. The first-order chi connectivity index (χ1) is 19.2. The van der Waals surface area contributed by atoms with Crippen molar-refractivity contribution in [3.05, 3.63) is 78.2 Å². The number of likely N-dealkylation sites (N-methyl/N-ethyl adjacent to an activating group) is 1. The predicted octanol–water partition coefficient (Wildman–Crippen LogP) is 4.14. The van der Waals surface area contributed by atoms with E-state index in [0.717, 1.165) is 38.3 Å². The number of alkyl halides is 3. The Bertz CT molecular complexity index is 1500. The summed E-state index contributed by atoms with van der Waals surface area (Å²) in [5.74, 6) is 0.327. The van der Waals surface area contributed by atoms with E-state index in [0.29, 0.717) is 28.0 Å². The Balaban J connectivity index is 1.20. The second kappa shape index (κ2) is 11.3. The number of rotatable bonds is 6. The number of anilines is 1. The molecular formula is C27H26F3N7O3. The molecule has 13 heteroatoms. The lowest BCUT2D eigenvalue weighted by atomic mass is 10.1. The number of carbonyl (C=O) groups excluding carboxylic acids is 2. The minimum atomic E-state index is -4.43. The zero-order chi connectivity index (χ0) is 28.3. The van der Waals surface area contributed by atoms with Crippen LogP contribution in [0.25, 0.3) is 11.0 Å². The Morgan fingerprint density at radius 3 is 2.33 bits per heavy atom. The number of ether oxygens (including phenoxy) is 1. The van der Waals surface area contributed by atoms with Crippen LogP contribution in [0.5, 0.6) is 11.6 Å². The Kier molecular flexibility index (Phi) is 7.67. The zero-order valence-electron chi connectivity index (χ0n) is 21.5. The average molecular weight is 554 g/mol. The average Bonchev–Trinajstić information content (AvgIpc) is 3.36. The summed E-state index contributed by atoms with van der Waals surface area (Å²) >= 11 is 0. The van der Waals surface area contributed by atoms with Crippen molar-refractivity contribution < 1.29 is 27.5 Å². The lowest BCUT2D eigenvalue weighted by Crippen LogP contribution is -2.53. The number of fused-ring (bicyclic) bond motifs is 1. The van der Waals surface area contributed by atoms with Gasteiger partial charge < -0.3 is 15.0 Å². The van der Waals surface area contributed by atoms with Crippen molar-refractivity contribution in [1.82, 2.24) is 29.9 Å². The molecule has 0 bridgehead atoms. The van der Waals surface area contributed by atoms with E-state index in [1.807, 2.05) is 12.1 Å². The molecule has 0 radical (unpaired) electrons. The number of aromatic nitrogens is 3. The van der Waals surface area contributed by atoms with Gasteiger partial charge in [-0.3, -0.25) is 14.8 Å². The predicted molar refractivity (Wildman–Crippen MR) is 141 cm³/mol. The summed E-state index contributed by atoms with van der Waals surface area (Å²) in [6.45, 7) is 3.15. The largest absolute Gasteiger partial charge is 0.438 e. The van der Waals surface area contributed by atoms with Crippen LogP contribution in [-0.2, 0) is 17.4 Å². The van der Waals surface area contributed by atoms with Gasteiger partial charge in [-0.25, -0.2) is 19.8 Å². The summed E-state index contributed by atoms with van der Waals surface area (Å²) in [5, 5.41) is 5.13. The van der Waals surface area contributed by atoms with Crippen molar-refractivity contribution in [3.63, 3.8) is 0 Å². The molecule has 1 aliphatic rings. The summed E-state index contributed by atoms with van der Waals surface area (Å²) in [5.41, 5.74) is 3.48. The van der Waals surface area contributed by atoms with Crippen LogP contribution in [-0.4, -0.2) is 69.6 Å². The van der Waals surface area contributed by atoms with Crippen LogP contribution >= 0.6 is 0 Å². The summed E-state index contributed by atoms with van der Waals surface area (Å²) in [6, 6.07) is 12.4. The van der Waals surface area contributed by atoms with Crippen LogP contribution < -0.4 is 15.5 Å². The van der Waals surface area contributed by atoms with Crippen LogP contribution in [0.2, 0.25) is 0 Å². The van der Waals surface area contributed by atoms with Crippen LogP contribution in [0.3, 0.4) is 0 Å². The number of carbonyl (C=O) groups is 2. The normalized spacial score (nSPS) is 14.7. The van der Waals surface area contributed by atoms with Gasteiger partial charge in [0.05, 0.1) is 17.4 Å². The maximum absolute atomic E-state index is 12.9. The van der Waals surface area contributed by atoms with E-state index in [4.69, 9.17) is 4.74 Å². The van der Waals surface area contributed by atoms with Crippen molar-refractivity contribution in [3.8, 4) is 11.6 Å². The van der Waals surface area contributed by atoms with Gasteiger partial charge in [0, 0.05) is 38.1 Å². The third kappa shape index (κ3) is 6.38. The number of nitrogens with zero attached hydrogens (tertiary/aromatic N) is 5. The molecule has 2 amide bonds. The maximum atomic E-state index is 12.9. The highest BCUT2D eigenvalue weighted by molar-refractivity contribution is 5.92. The van der Waals surface area contributed by atoms with Crippen LogP contribution in [0.15, 0.2) is 67.1 Å². The molecule has 0 spiro atoms. The molecule has 1 saturated heterocycles. The molecule has 2 N–H and O–H groups in total. The zero-order valence-corrected chi connectivity index (χ0v) is 21.5. The standard InChI is InChI=1S/C27H26F3N7O3/c1-35-12-14-36(15-13-35)34-26(39)37-11-10-22-24(37)31-17-32-25(22)40-21-8-6-20(7-9-21)33-23(38)16-18-2-4-19(5-3-18)27(28,29)30/h2-11,17H,12-16H2,1H3,(H,33,38)(H,34,39). The number of hydrogen-bond acceptors (Lipinski definition) is 7. The monoisotopic (exact) mass is 553 g/mol. The second-order valence-corrected chi connectivity index (χ2v) is 9.36. The fourth-order valence-electron chi connectivity index (χ4n) is 4.20. The van der Waals surface area contributed by atoms with Gasteiger partial charge in [0.1, 0.15) is 12.1 Å². The number of hydrogen-bond donors (Lipinski definition) is 2. The summed E-state index contributed by atoms with van der Waals surface area (Å²) < 4.78 is 45.5. The van der Waals surface area contributed by atoms with E-state index in [2.05, 4.69) is 25.6 Å². The minimum absolute atomic E-state index is 0.0747. The fourth-order valence-corrected chi connectivity index (χ4v) is 4.20. The third-order valence-corrected chi connectivity index (χ3v) is 6.42. The van der Waals surface area contributed by atoms with Crippen molar-refractivity contribution >= 4 is 28.7 Å². The van der Waals surface area contributed by atoms with E-state index in [9.17, 15) is 22.8 Å². The highest BCUT2D eigenvalue weighted by atomic mass is 19.4. The van der Waals surface area contributed by atoms with Crippen LogP contribution in [0.4, 0.5) is 23.7 Å². The van der Waals surface area contributed by atoms with Crippen LogP contribution in [0, 0.1) is 0 Å². The van der Waals surface area contributed by atoms with Gasteiger partial charge in [-0.1, -0.05) is 12.1 Å². The molecule has 2 aromatic carbocycles. The van der Waals surface area contributed by atoms with Crippen molar-refractivity contribution in [1.29, 1.82) is 0 Å². The first-order valence-electron chi connectivity index (χ1n) is 12.5. The first-order valence-corrected chi connectivity index (χ1v) is 12.5. The quantitative estimate of drug-likeness (QED) is 0.370. The molecule has 0 saturated carbocycles. The molecule has 5 rings (SSSR count). The third-order valence-electron chi connectivity index (χ3n) is 6.42. The summed E-state index contributed by atoms with van der Waals surface area (Å²) in [7, 11) is 2.04. The van der Waals surface area contributed by atoms with Crippen molar-refractivity contribution in [2.24, 2.45) is 0 Å². The highest BCUT2D eigenvalue weighted by Crippen LogP contribution is 2.30. The number of piperazine rings is 1. The van der Waals surface area contributed by atoms with Gasteiger partial charge in [0.25, 0.3) is 0 Å². The Morgan fingerprint density at radius 2 is 1.65 bits per heavy atom. The molecule has 0 atom stereocenters. The minimum Gasteiger partial charge on any atom is -0.438 e. The Labute approximate surface area is 227 Å². The molecule has 10 nitrogen and oxygen atoms in total. The van der Waals surface area contributed by atoms with E-state index in [1.165, 1.54) is 23.0 Å². The maximum Gasteiger partial charge on any atom is 0.416 e. The lowest BCUT2D eigenvalue weighted by Gasteiger charge is -2.32. The first kappa shape index (κ1) is 27.1. The number of halogens is 3. The molecule has 40 heavy (non-hydrogen) atoms. The van der Waals surface area contributed by atoms with Gasteiger partial charge in [-0.15, -0.1) is 0 Å². The molecule has 3 heterocycles. The second-order valence-electron chi connectivity index (χ2n) is 9.36. The van der Waals surface area contributed by atoms with E-state index in [1.54, 1.807) is 36.5 Å². The van der Waals surface area contributed by atoms with Gasteiger partial charge >= 0.3 is 12.2 Å². The molecule has 208 valence electrons. The van der Waals surface area contributed by atoms with Crippen molar-refractivity contribution in [2.75, 3.05) is 38.5 Å². The number of amides is 2. The van der Waals surface area contributed by atoms with E-state index in [-0.39, 0.29) is 24.2 Å². The molecule has 4 aromatic rings. The smallest absolute Gasteiger partial charge is 0.416 e. The highest BCUT2D eigenvalue weighted by Gasteiger charge is 2.30. The number of hydrazine groups is 1. The molecular weight excluding hydrogens is 527 g/mol. The molecule has 0 unspecified atom stereocenters. The number of benzene rings is 2. The summed E-state index contributed by atoms with van der Waals surface area (Å²) in [6.07, 6.45) is -1.58. The van der Waals surface area contributed by atoms with Crippen molar-refractivity contribution in [2.45, 2.75) is 12.6 Å². The van der Waals surface area contributed by atoms with Gasteiger partial charge in [0.15, 0.2) is 5.65 Å². The molecule has 0 aliphatic carbocycles. The SMILES string of the molecule is CN1CCN(NC(=O)n2ccc3c(Oc4ccc(NC(=O)Cc5ccc(C(F)(F)F)cc5)cc4)ncnc32)CC1. The lowest BCUT2D eigenvalue weighted by molar-refractivity contribution is -0.137. The summed E-state index contributed by atoms with van der Waals surface area (Å²) in [4.78, 5) is 35.9. The number of nitrogens with one attached hydrogen (secondary N) is 2. The Morgan fingerprint density at radius 1 is 0.950 bits per heavy atom. The van der Waals surface area contributed by atoms with Gasteiger partial charge in [0.2, 0.25) is 11.8 Å². The van der Waals surface area contributed by atoms with E-state index < -0.39 is 11.7 Å². The van der Waals surface area contributed by atoms with E-state index >= 15 is 0 Å². The van der Waals surface area contributed by atoms with Gasteiger partial charge in [-0.2, -0.15) is 13.2 Å². The molecule has 2 aromatic heterocycles. The van der Waals surface area contributed by atoms with Crippen LogP contribution in [0.1, 0.15) is 11.1 Å².